The fourth-order valence-electron chi connectivity index (χ4n) is 3.87. The summed E-state index contributed by atoms with van der Waals surface area (Å²) in [5.41, 5.74) is 5.50. The summed E-state index contributed by atoms with van der Waals surface area (Å²) < 4.78 is 5.71. The molecule has 2 aliphatic rings. The normalized spacial score (nSPS) is 37.6. The van der Waals surface area contributed by atoms with E-state index in [1.807, 2.05) is 20.8 Å². The molecule has 0 aromatic carbocycles. The second-order valence-corrected chi connectivity index (χ2v) is 8.10. The Balaban J connectivity index is 2.04. The molecule has 4 heteroatoms. The predicted molar refractivity (Wildman–Crippen MR) is 84.9 cm³/mol. The van der Waals surface area contributed by atoms with E-state index in [-0.39, 0.29) is 28.9 Å². The van der Waals surface area contributed by atoms with Gasteiger partial charge in [0.2, 0.25) is 5.91 Å². The highest BCUT2D eigenvalue weighted by Gasteiger charge is 2.63. The number of hydrogen-bond donors (Lipinski definition) is 2. The van der Waals surface area contributed by atoms with Gasteiger partial charge in [0.1, 0.15) is 5.54 Å². The lowest BCUT2D eigenvalue weighted by Crippen LogP contribution is -2.76. The van der Waals surface area contributed by atoms with Crippen molar-refractivity contribution in [3.8, 4) is 0 Å². The number of amides is 1. The fourth-order valence-corrected chi connectivity index (χ4v) is 3.87. The topological polar surface area (TPSA) is 64.3 Å². The molecule has 0 radical (unpaired) electrons. The first-order valence-corrected chi connectivity index (χ1v) is 8.36. The van der Waals surface area contributed by atoms with Crippen molar-refractivity contribution >= 4 is 5.91 Å². The maximum Gasteiger partial charge on any atom is 0.241 e. The minimum atomic E-state index is -0.805. The Labute approximate surface area is 129 Å². The Hall–Kier alpha value is -0.610. The van der Waals surface area contributed by atoms with Crippen LogP contribution in [0.1, 0.15) is 66.7 Å². The highest BCUT2D eigenvalue weighted by atomic mass is 16.5. The van der Waals surface area contributed by atoms with Gasteiger partial charge in [0.15, 0.2) is 0 Å². The van der Waals surface area contributed by atoms with Crippen LogP contribution in [-0.4, -0.2) is 30.2 Å². The molecule has 0 aromatic rings. The summed E-state index contributed by atoms with van der Waals surface area (Å²) in [4.78, 5) is 12.8. The van der Waals surface area contributed by atoms with Gasteiger partial charge in [-0.3, -0.25) is 4.79 Å². The van der Waals surface area contributed by atoms with Gasteiger partial charge in [0.05, 0.1) is 6.10 Å². The van der Waals surface area contributed by atoms with E-state index in [9.17, 15) is 4.79 Å². The number of rotatable bonds is 4. The Morgan fingerprint density at radius 3 is 2.48 bits per heavy atom. The monoisotopic (exact) mass is 296 g/mol. The van der Waals surface area contributed by atoms with Gasteiger partial charge in [-0.2, -0.15) is 0 Å². The smallest absolute Gasteiger partial charge is 0.241 e. The third-order valence-electron chi connectivity index (χ3n) is 6.05. The first kappa shape index (κ1) is 16.8. The lowest BCUT2D eigenvalue weighted by Gasteiger charge is -2.58. The summed E-state index contributed by atoms with van der Waals surface area (Å²) in [5.74, 6) is 0.00317. The van der Waals surface area contributed by atoms with Gasteiger partial charge in [-0.15, -0.1) is 0 Å². The van der Waals surface area contributed by atoms with Crippen molar-refractivity contribution in [1.82, 2.24) is 5.32 Å². The predicted octanol–water partition coefficient (Wildman–Crippen LogP) is 2.60. The van der Waals surface area contributed by atoms with Crippen molar-refractivity contribution in [2.45, 2.75) is 84.4 Å². The minimum Gasteiger partial charge on any atom is -0.378 e. The van der Waals surface area contributed by atoms with Crippen LogP contribution in [0.4, 0.5) is 0 Å². The second-order valence-electron chi connectivity index (χ2n) is 8.10. The molecule has 2 rings (SSSR count). The molecule has 0 spiro atoms. The summed E-state index contributed by atoms with van der Waals surface area (Å²) in [6, 6.07) is 0.237. The maximum atomic E-state index is 12.8. The van der Waals surface area contributed by atoms with Gasteiger partial charge >= 0.3 is 0 Å². The third-order valence-corrected chi connectivity index (χ3v) is 6.05. The van der Waals surface area contributed by atoms with Crippen LogP contribution in [0.25, 0.3) is 0 Å². The van der Waals surface area contributed by atoms with E-state index >= 15 is 0 Å². The molecule has 122 valence electrons. The number of carbonyl (C=O) groups is 1. The van der Waals surface area contributed by atoms with Crippen LogP contribution in [0, 0.1) is 10.8 Å². The van der Waals surface area contributed by atoms with Crippen LogP contribution in [0.3, 0.4) is 0 Å². The van der Waals surface area contributed by atoms with Crippen LogP contribution >= 0.6 is 0 Å². The first-order valence-electron chi connectivity index (χ1n) is 8.36. The zero-order valence-corrected chi connectivity index (χ0v) is 14.3. The molecule has 3 N–H and O–H groups in total. The van der Waals surface area contributed by atoms with E-state index in [4.69, 9.17) is 10.5 Å². The molecule has 3 unspecified atom stereocenters. The number of nitrogens with two attached hydrogens (primary N) is 1. The molecule has 2 aliphatic carbocycles. The van der Waals surface area contributed by atoms with Crippen molar-refractivity contribution in [2.75, 3.05) is 6.61 Å². The van der Waals surface area contributed by atoms with E-state index in [2.05, 4.69) is 19.2 Å². The van der Waals surface area contributed by atoms with Crippen molar-refractivity contribution in [1.29, 1.82) is 0 Å². The van der Waals surface area contributed by atoms with Crippen LogP contribution in [-0.2, 0) is 9.53 Å². The molecule has 0 heterocycles. The highest BCUT2D eigenvalue weighted by Crippen LogP contribution is 2.50. The van der Waals surface area contributed by atoms with Gasteiger partial charge < -0.3 is 15.8 Å². The average Bonchev–Trinajstić information content (AvgIpc) is 2.40. The second kappa shape index (κ2) is 5.54. The van der Waals surface area contributed by atoms with Crippen LogP contribution < -0.4 is 11.1 Å². The molecule has 4 nitrogen and oxygen atoms in total. The zero-order valence-electron chi connectivity index (χ0n) is 14.3. The molecular formula is C17H32N2O2. The van der Waals surface area contributed by atoms with Crippen LogP contribution in [0.2, 0.25) is 0 Å². The van der Waals surface area contributed by atoms with E-state index in [1.165, 1.54) is 19.3 Å². The number of ether oxygens (including phenoxy) is 1. The fraction of sp³-hybridized carbons (Fsp3) is 0.941. The zero-order chi connectivity index (χ0) is 15.9. The molecule has 0 aromatic heterocycles. The molecule has 3 atom stereocenters. The Kier molecular flexibility index (Phi) is 4.42. The van der Waals surface area contributed by atoms with E-state index < -0.39 is 5.54 Å². The quantitative estimate of drug-likeness (QED) is 0.838. The number of hydrogen-bond acceptors (Lipinski definition) is 3. The van der Waals surface area contributed by atoms with E-state index in [0.29, 0.717) is 13.0 Å². The molecule has 21 heavy (non-hydrogen) atoms. The SMILES string of the molecule is CCOC1CC(N)(C(=O)NC2CCCCC2(C)C)C1(C)C. The maximum absolute atomic E-state index is 12.8. The molecule has 2 fully saturated rings. The summed E-state index contributed by atoms with van der Waals surface area (Å²) >= 11 is 0. The van der Waals surface area contributed by atoms with Crippen molar-refractivity contribution < 1.29 is 9.53 Å². The van der Waals surface area contributed by atoms with Gasteiger partial charge in [0, 0.05) is 24.5 Å². The number of nitrogens with one attached hydrogen (secondary N) is 1. The van der Waals surface area contributed by atoms with E-state index in [0.717, 1.165) is 6.42 Å². The highest BCUT2D eigenvalue weighted by molar-refractivity contribution is 5.89. The van der Waals surface area contributed by atoms with Crippen LogP contribution in [0.5, 0.6) is 0 Å². The largest absolute Gasteiger partial charge is 0.378 e. The van der Waals surface area contributed by atoms with Crippen molar-refractivity contribution in [3.63, 3.8) is 0 Å². The van der Waals surface area contributed by atoms with E-state index in [1.54, 1.807) is 0 Å². The van der Waals surface area contributed by atoms with Gasteiger partial charge in [-0.25, -0.2) is 0 Å². The Bertz CT molecular complexity index is 406. The van der Waals surface area contributed by atoms with Gasteiger partial charge in [-0.1, -0.05) is 40.5 Å². The lowest BCUT2D eigenvalue weighted by atomic mass is 9.54. The molecule has 0 saturated heterocycles. The standard InChI is InChI=1S/C17H32N2O2/c1-6-21-13-11-17(18,16(13,4)5)14(20)19-12-9-7-8-10-15(12,2)3/h12-13H,6-11,18H2,1-5H3,(H,19,20). The first-order chi connectivity index (χ1) is 9.65. The Morgan fingerprint density at radius 2 is 1.95 bits per heavy atom. The third kappa shape index (κ3) is 2.72. The molecular weight excluding hydrogens is 264 g/mol. The summed E-state index contributed by atoms with van der Waals surface area (Å²) in [6.45, 7) is 11.2. The molecule has 1 amide bonds. The van der Waals surface area contributed by atoms with Gasteiger partial charge in [-0.05, 0) is 25.2 Å². The minimum absolute atomic E-state index is 0.00317. The van der Waals surface area contributed by atoms with Gasteiger partial charge in [0.25, 0.3) is 0 Å². The van der Waals surface area contributed by atoms with Crippen molar-refractivity contribution in [2.24, 2.45) is 16.6 Å². The number of carbonyl (C=O) groups excluding carboxylic acids is 1. The molecule has 0 bridgehead atoms. The van der Waals surface area contributed by atoms with Crippen molar-refractivity contribution in [3.05, 3.63) is 0 Å². The summed E-state index contributed by atoms with van der Waals surface area (Å²) in [7, 11) is 0. The Morgan fingerprint density at radius 1 is 1.29 bits per heavy atom. The average molecular weight is 296 g/mol. The summed E-state index contributed by atoms with van der Waals surface area (Å²) in [5, 5.41) is 3.25. The molecule has 0 aliphatic heterocycles. The lowest BCUT2D eigenvalue weighted by molar-refractivity contribution is -0.172. The van der Waals surface area contributed by atoms with Crippen LogP contribution in [0.15, 0.2) is 0 Å². The molecule has 2 saturated carbocycles. The summed E-state index contributed by atoms with van der Waals surface area (Å²) in [6.07, 6.45) is 5.37.